The van der Waals surface area contributed by atoms with Gasteiger partial charge < -0.3 is 10.5 Å². The molecule has 19 heavy (non-hydrogen) atoms. The molecule has 0 aliphatic rings. The topological polar surface area (TPSA) is 74.2 Å². The van der Waals surface area contributed by atoms with Crippen molar-refractivity contribution in [2.75, 3.05) is 0 Å². The zero-order valence-electron chi connectivity index (χ0n) is 10.9. The average Bonchev–Trinajstić information content (AvgIpc) is 2.73. The summed E-state index contributed by atoms with van der Waals surface area (Å²) in [6.07, 6.45) is 0.545. The van der Waals surface area contributed by atoms with Gasteiger partial charge in [0, 0.05) is 6.04 Å². The van der Waals surface area contributed by atoms with Gasteiger partial charge in [0.05, 0.1) is 0 Å². The molecule has 2 rings (SSSR count). The van der Waals surface area contributed by atoms with Gasteiger partial charge in [-0.05, 0) is 31.9 Å². The van der Waals surface area contributed by atoms with E-state index in [1.165, 1.54) is 6.07 Å². The molecule has 0 saturated carbocycles. The summed E-state index contributed by atoms with van der Waals surface area (Å²) in [5.74, 6) is -0.200. The quantitative estimate of drug-likeness (QED) is 0.894. The molecule has 0 aliphatic heterocycles. The number of nitrogens with zero attached hydrogens (tertiary/aromatic N) is 2. The number of para-hydroxylation sites is 1. The number of halogens is 1. The van der Waals surface area contributed by atoms with Crippen LogP contribution in [0.4, 0.5) is 4.39 Å². The van der Waals surface area contributed by atoms with Crippen molar-refractivity contribution in [1.82, 2.24) is 10.3 Å². The molecule has 102 valence electrons. The molecule has 1 aromatic heterocycles. The van der Waals surface area contributed by atoms with Crippen LogP contribution in [0.5, 0.6) is 5.75 Å². The number of ether oxygens (including phenoxy) is 1. The fourth-order valence-corrected chi connectivity index (χ4v) is 1.74. The number of hydrogen-bond donors (Lipinski definition) is 1. The number of hydrogen-bond acceptors (Lipinski definition) is 5. The second-order valence-electron chi connectivity index (χ2n) is 4.49. The Balaban J connectivity index is 2.17. The van der Waals surface area contributed by atoms with Gasteiger partial charge >= 0.3 is 0 Å². The molecule has 0 aliphatic carbocycles. The minimum atomic E-state index is -0.410. The SMILES string of the molecule is Cc1nonc1COc1c(F)cccc1CC(C)N. The van der Waals surface area contributed by atoms with Gasteiger partial charge in [0.2, 0.25) is 0 Å². The minimum absolute atomic E-state index is 0.0698. The molecule has 6 heteroatoms. The lowest BCUT2D eigenvalue weighted by molar-refractivity contribution is 0.260. The van der Waals surface area contributed by atoms with Gasteiger partial charge in [-0.3, -0.25) is 0 Å². The zero-order chi connectivity index (χ0) is 13.8. The maximum Gasteiger partial charge on any atom is 0.165 e. The van der Waals surface area contributed by atoms with Gasteiger partial charge in [0.1, 0.15) is 18.0 Å². The first-order valence-electron chi connectivity index (χ1n) is 6.01. The lowest BCUT2D eigenvalue weighted by Gasteiger charge is -2.13. The van der Waals surface area contributed by atoms with Crippen molar-refractivity contribution >= 4 is 0 Å². The first-order chi connectivity index (χ1) is 9.08. The Morgan fingerprint density at radius 3 is 2.84 bits per heavy atom. The molecule has 5 nitrogen and oxygen atoms in total. The second-order valence-corrected chi connectivity index (χ2v) is 4.49. The molecule has 0 saturated heterocycles. The fraction of sp³-hybridized carbons (Fsp3) is 0.385. The van der Waals surface area contributed by atoms with E-state index in [1.54, 1.807) is 19.1 Å². The summed E-state index contributed by atoms with van der Waals surface area (Å²) in [4.78, 5) is 0. The van der Waals surface area contributed by atoms with E-state index in [4.69, 9.17) is 10.5 Å². The summed E-state index contributed by atoms with van der Waals surface area (Å²) >= 11 is 0. The van der Waals surface area contributed by atoms with E-state index in [-0.39, 0.29) is 18.4 Å². The first kappa shape index (κ1) is 13.5. The van der Waals surface area contributed by atoms with Crippen LogP contribution in [0, 0.1) is 12.7 Å². The molecule has 1 unspecified atom stereocenters. The molecule has 0 bridgehead atoms. The van der Waals surface area contributed by atoms with Gasteiger partial charge in [-0.2, -0.15) is 0 Å². The van der Waals surface area contributed by atoms with Gasteiger partial charge in [0.15, 0.2) is 11.6 Å². The molecule has 2 N–H and O–H groups in total. The highest BCUT2D eigenvalue weighted by atomic mass is 19.1. The average molecular weight is 265 g/mol. The van der Waals surface area contributed by atoms with Crippen LogP contribution in [0.3, 0.4) is 0 Å². The van der Waals surface area contributed by atoms with Crippen LogP contribution in [0.15, 0.2) is 22.8 Å². The third kappa shape index (κ3) is 3.29. The number of rotatable bonds is 5. The van der Waals surface area contributed by atoms with E-state index >= 15 is 0 Å². The molecule has 1 aromatic carbocycles. The van der Waals surface area contributed by atoms with Crippen LogP contribution in [-0.2, 0) is 13.0 Å². The Morgan fingerprint density at radius 2 is 2.21 bits per heavy atom. The Labute approximate surface area is 110 Å². The maximum atomic E-state index is 13.8. The molecule has 0 fully saturated rings. The van der Waals surface area contributed by atoms with Gasteiger partial charge in [-0.25, -0.2) is 9.02 Å². The van der Waals surface area contributed by atoms with Gasteiger partial charge in [-0.15, -0.1) is 0 Å². The van der Waals surface area contributed by atoms with E-state index in [0.717, 1.165) is 5.56 Å². The molecule has 1 heterocycles. The standard InChI is InChI=1S/C13H16FN3O2/c1-8(15)6-10-4-3-5-11(14)13(10)18-7-12-9(2)16-19-17-12/h3-5,8H,6-7,15H2,1-2H3. The summed E-state index contributed by atoms with van der Waals surface area (Å²) in [5.41, 5.74) is 7.66. The summed E-state index contributed by atoms with van der Waals surface area (Å²) in [6.45, 7) is 3.72. The zero-order valence-corrected chi connectivity index (χ0v) is 10.9. The summed E-state index contributed by atoms with van der Waals surface area (Å²) < 4.78 is 23.9. The third-order valence-electron chi connectivity index (χ3n) is 2.69. The number of aryl methyl sites for hydroxylation is 1. The number of nitrogens with two attached hydrogens (primary N) is 1. The van der Waals surface area contributed by atoms with Crippen LogP contribution >= 0.6 is 0 Å². The van der Waals surface area contributed by atoms with Crippen molar-refractivity contribution in [1.29, 1.82) is 0 Å². The van der Waals surface area contributed by atoms with Crippen molar-refractivity contribution in [3.63, 3.8) is 0 Å². The Morgan fingerprint density at radius 1 is 1.42 bits per heavy atom. The van der Waals surface area contributed by atoms with Gasteiger partial charge in [0.25, 0.3) is 0 Å². The highest BCUT2D eigenvalue weighted by Gasteiger charge is 2.13. The number of aromatic nitrogens is 2. The monoisotopic (exact) mass is 265 g/mol. The normalized spacial score (nSPS) is 12.4. The maximum absolute atomic E-state index is 13.8. The van der Waals surface area contributed by atoms with Gasteiger partial charge in [-0.1, -0.05) is 22.4 Å². The molecule has 0 radical (unpaired) electrons. The predicted octanol–water partition coefficient (Wildman–Crippen LogP) is 1.99. The smallest absolute Gasteiger partial charge is 0.165 e. The van der Waals surface area contributed by atoms with Crippen molar-refractivity contribution in [2.24, 2.45) is 5.73 Å². The Bertz CT molecular complexity index is 555. The molecule has 1 atom stereocenters. The van der Waals surface area contributed by atoms with Crippen molar-refractivity contribution in [2.45, 2.75) is 32.9 Å². The lowest BCUT2D eigenvalue weighted by atomic mass is 10.1. The number of benzene rings is 1. The summed E-state index contributed by atoms with van der Waals surface area (Å²) in [5, 5.41) is 7.34. The molecule has 2 aromatic rings. The third-order valence-corrected chi connectivity index (χ3v) is 2.69. The first-order valence-corrected chi connectivity index (χ1v) is 6.01. The van der Waals surface area contributed by atoms with E-state index in [0.29, 0.717) is 17.8 Å². The van der Waals surface area contributed by atoms with Crippen LogP contribution in [-0.4, -0.2) is 16.4 Å². The largest absolute Gasteiger partial charge is 0.484 e. The molecular weight excluding hydrogens is 249 g/mol. The Hall–Kier alpha value is -1.95. The lowest BCUT2D eigenvalue weighted by Crippen LogP contribution is -2.18. The minimum Gasteiger partial charge on any atom is -0.484 e. The molecule has 0 spiro atoms. The van der Waals surface area contributed by atoms with Crippen molar-refractivity contribution in [3.8, 4) is 5.75 Å². The highest BCUT2D eigenvalue weighted by Crippen LogP contribution is 2.24. The van der Waals surface area contributed by atoms with Crippen LogP contribution < -0.4 is 10.5 Å². The van der Waals surface area contributed by atoms with Crippen molar-refractivity contribution in [3.05, 3.63) is 41.0 Å². The van der Waals surface area contributed by atoms with E-state index in [2.05, 4.69) is 14.9 Å². The van der Waals surface area contributed by atoms with E-state index in [1.807, 2.05) is 6.92 Å². The van der Waals surface area contributed by atoms with Crippen LogP contribution in [0.25, 0.3) is 0 Å². The summed E-state index contributed by atoms with van der Waals surface area (Å²) in [7, 11) is 0. The van der Waals surface area contributed by atoms with Crippen LogP contribution in [0.1, 0.15) is 23.9 Å². The summed E-state index contributed by atoms with van der Waals surface area (Å²) in [6, 6.07) is 4.73. The highest BCUT2D eigenvalue weighted by molar-refractivity contribution is 5.35. The van der Waals surface area contributed by atoms with Crippen LogP contribution in [0.2, 0.25) is 0 Å². The fourth-order valence-electron chi connectivity index (χ4n) is 1.74. The molecule has 0 amide bonds. The van der Waals surface area contributed by atoms with E-state index in [9.17, 15) is 4.39 Å². The second kappa shape index (κ2) is 5.79. The Kier molecular flexibility index (Phi) is 4.11. The molecular formula is C13H16FN3O2. The van der Waals surface area contributed by atoms with Crippen molar-refractivity contribution < 1.29 is 13.8 Å². The van der Waals surface area contributed by atoms with E-state index < -0.39 is 5.82 Å². The predicted molar refractivity (Wildman–Crippen MR) is 67.1 cm³/mol.